The second-order valence-electron chi connectivity index (χ2n) is 5.88. The fourth-order valence-corrected chi connectivity index (χ4v) is 2.64. The second-order valence-corrected chi connectivity index (χ2v) is 5.88. The van der Waals surface area contributed by atoms with E-state index in [4.69, 9.17) is 4.42 Å². The van der Waals surface area contributed by atoms with Gasteiger partial charge in [0.05, 0.1) is 29.6 Å². The summed E-state index contributed by atoms with van der Waals surface area (Å²) in [6.07, 6.45) is 2.86. The molecule has 0 bridgehead atoms. The molecule has 0 aliphatic heterocycles. The molecule has 1 aromatic carbocycles. The molecule has 7 nitrogen and oxygen atoms in total. The van der Waals surface area contributed by atoms with Crippen LogP contribution in [0.3, 0.4) is 0 Å². The highest BCUT2D eigenvalue weighted by molar-refractivity contribution is 14.0. The van der Waals surface area contributed by atoms with Gasteiger partial charge in [-0.25, -0.2) is 9.97 Å². The van der Waals surface area contributed by atoms with E-state index in [0.29, 0.717) is 12.4 Å². The Kier molecular flexibility index (Phi) is 7.43. The van der Waals surface area contributed by atoms with Crippen LogP contribution in [0.15, 0.2) is 40.0 Å². The Hall–Kier alpha value is -2.10. The third-order valence-corrected chi connectivity index (χ3v) is 4.10. The Morgan fingerprint density at radius 2 is 2.04 bits per heavy atom. The molecular formula is C18H25IN6O. The molecule has 0 saturated carbocycles. The van der Waals surface area contributed by atoms with Crippen LogP contribution in [0.5, 0.6) is 0 Å². The zero-order valence-corrected chi connectivity index (χ0v) is 17.7. The van der Waals surface area contributed by atoms with Crippen LogP contribution in [-0.2, 0) is 13.1 Å². The average Bonchev–Trinajstić information content (AvgIpc) is 3.18. The van der Waals surface area contributed by atoms with E-state index in [-0.39, 0.29) is 24.0 Å². The Bertz CT molecular complexity index is 850. The number of fused-ring (bicyclic) bond motifs is 1. The first-order valence-corrected chi connectivity index (χ1v) is 8.44. The predicted octanol–water partition coefficient (Wildman–Crippen LogP) is 3.01. The van der Waals surface area contributed by atoms with E-state index < -0.39 is 0 Å². The number of hydrogen-bond acceptors (Lipinski definition) is 4. The van der Waals surface area contributed by atoms with Crippen LogP contribution in [0, 0.1) is 13.8 Å². The van der Waals surface area contributed by atoms with Gasteiger partial charge in [-0.1, -0.05) is 12.1 Å². The van der Waals surface area contributed by atoms with Crippen molar-refractivity contribution in [1.29, 1.82) is 0 Å². The van der Waals surface area contributed by atoms with Gasteiger partial charge in [-0.3, -0.25) is 4.99 Å². The third kappa shape index (κ3) is 4.96. The topological polar surface area (TPSA) is 80.3 Å². The maximum absolute atomic E-state index is 5.56. The molecule has 0 saturated heterocycles. The Morgan fingerprint density at radius 3 is 2.77 bits per heavy atom. The number of imidazole rings is 1. The van der Waals surface area contributed by atoms with Crippen LogP contribution in [0.2, 0.25) is 0 Å². The maximum atomic E-state index is 5.56. The molecule has 2 N–H and O–H groups in total. The molecule has 8 heteroatoms. The summed E-state index contributed by atoms with van der Waals surface area (Å²) in [4.78, 5) is 13.0. The number of aromatic nitrogens is 3. The summed E-state index contributed by atoms with van der Waals surface area (Å²) in [5.41, 5.74) is 3.12. The van der Waals surface area contributed by atoms with Crippen LogP contribution < -0.4 is 10.6 Å². The number of halogens is 1. The smallest absolute Gasteiger partial charge is 0.214 e. The highest BCUT2D eigenvalue weighted by atomic mass is 127. The molecule has 0 unspecified atom stereocenters. The number of para-hydroxylation sites is 2. The van der Waals surface area contributed by atoms with Gasteiger partial charge >= 0.3 is 0 Å². The number of hydrogen-bond donors (Lipinski definition) is 2. The van der Waals surface area contributed by atoms with Gasteiger partial charge in [0.15, 0.2) is 5.96 Å². The van der Waals surface area contributed by atoms with Crippen LogP contribution in [0.25, 0.3) is 11.0 Å². The predicted molar refractivity (Wildman–Crippen MR) is 114 cm³/mol. The average molecular weight is 468 g/mol. The molecule has 0 fully saturated rings. The van der Waals surface area contributed by atoms with Crippen molar-refractivity contribution in [2.24, 2.45) is 4.99 Å². The van der Waals surface area contributed by atoms with Crippen molar-refractivity contribution >= 4 is 41.0 Å². The number of aliphatic imine (C=N–C) groups is 1. The van der Waals surface area contributed by atoms with E-state index in [1.165, 1.54) is 5.52 Å². The van der Waals surface area contributed by atoms with Gasteiger partial charge in [0.1, 0.15) is 5.76 Å². The quantitative estimate of drug-likeness (QED) is 0.252. The number of benzene rings is 1. The number of guanidine groups is 1. The molecule has 0 amide bonds. The molecule has 26 heavy (non-hydrogen) atoms. The SMILES string of the molecule is CN=C(NCCCn1cnc2ccccc21)NCc1nc(C)c(C)o1.I. The molecule has 0 atom stereocenters. The Balaban J connectivity index is 0.00000243. The van der Waals surface area contributed by atoms with Gasteiger partial charge in [0.2, 0.25) is 5.89 Å². The van der Waals surface area contributed by atoms with Crippen molar-refractivity contribution in [3.63, 3.8) is 0 Å². The van der Waals surface area contributed by atoms with Crippen molar-refractivity contribution in [2.45, 2.75) is 33.4 Å². The van der Waals surface area contributed by atoms with E-state index in [1.54, 1.807) is 7.05 Å². The first-order valence-electron chi connectivity index (χ1n) is 8.44. The van der Waals surface area contributed by atoms with Crippen molar-refractivity contribution in [2.75, 3.05) is 13.6 Å². The molecule has 0 aliphatic carbocycles. The number of nitrogens with one attached hydrogen (secondary N) is 2. The normalized spacial score (nSPS) is 11.4. The first kappa shape index (κ1) is 20.2. The van der Waals surface area contributed by atoms with Gasteiger partial charge in [-0.05, 0) is 32.4 Å². The highest BCUT2D eigenvalue weighted by Gasteiger charge is 2.06. The lowest BCUT2D eigenvalue weighted by atomic mass is 10.3. The zero-order valence-electron chi connectivity index (χ0n) is 15.3. The monoisotopic (exact) mass is 468 g/mol. The summed E-state index contributed by atoms with van der Waals surface area (Å²) in [5.74, 6) is 2.26. The molecule has 2 heterocycles. The summed E-state index contributed by atoms with van der Waals surface area (Å²) in [7, 11) is 1.75. The minimum Gasteiger partial charge on any atom is -0.444 e. The van der Waals surface area contributed by atoms with Gasteiger partial charge in [-0.2, -0.15) is 0 Å². The number of nitrogens with zero attached hydrogens (tertiary/aromatic N) is 4. The van der Waals surface area contributed by atoms with E-state index in [1.807, 2.05) is 38.4 Å². The van der Waals surface area contributed by atoms with Crippen LogP contribution in [0.4, 0.5) is 0 Å². The molecule has 2 aromatic heterocycles. The third-order valence-electron chi connectivity index (χ3n) is 4.10. The van der Waals surface area contributed by atoms with Crippen LogP contribution in [0.1, 0.15) is 23.8 Å². The van der Waals surface area contributed by atoms with Crippen molar-refractivity contribution in [3.05, 3.63) is 47.9 Å². The summed E-state index contributed by atoms with van der Waals surface area (Å²) >= 11 is 0. The fraction of sp³-hybridized carbons (Fsp3) is 0.389. The molecule has 3 rings (SSSR count). The van der Waals surface area contributed by atoms with Gasteiger partial charge in [0.25, 0.3) is 0 Å². The van der Waals surface area contributed by atoms with E-state index >= 15 is 0 Å². The number of aryl methyl sites for hydroxylation is 3. The van der Waals surface area contributed by atoms with Crippen LogP contribution in [-0.4, -0.2) is 34.1 Å². The minimum atomic E-state index is 0. The largest absolute Gasteiger partial charge is 0.444 e. The molecule has 0 aliphatic rings. The highest BCUT2D eigenvalue weighted by Crippen LogP contribution is 2.11. The van der Waals surface area contributed by atoms with Crippen molar-refractivity contribution in [1.82, 2.24) is 25.2 Å². The minimum absolute atomic E-state index is 0. The van der Waals surface area contributed by atoms with Gasteiger partial charge in [-0.15, -0.1) is 24.0 Å². The first-order chi connectivity index (χ1) is 12.2. The second kappa shape index (κ2) is 9.56. The van der Waals surface area contributed by atoms with Gasteiger partial charge in [0, 0.05) is 20.1 Å². The molecule has 0 radical (unpaired) electrons. The number of rotatable bonds is 6. The molecule has 140 valence electrons. The summed E-state index contributed by atoms with van der Waals surface area (Å²) in [6.45, 7) is 6.09. The lowest BCUT2D eigenvalue weighted by Crippen LogP contribution is -2.37. The number of oxazole rings is 1. The van der Waals surface area contributed by atoms with E-state index in [0.717, 1.165) is 42.4 Å². The summed E-state index contributed by atoms with van der Waals surface area (Å²) < 4.78 is 7.73. The zero-order chi connectivity index (χ0) is 17.6. The fourth-order valence-electron chi connectivity index (χ4n) is 2.64. The summed E-state index contributed by atoms with van der Waals surface area (Å²) in [6, 6.07) is 8.17. The van der Waals surface area contributed by atoms with E-state index in [9.17, 15) is 0 Å². The summed E-state index contributed by atoms with van der Waals surface area (Å²) in [5, 5.41) is 6.52. The Morgan fingerprint density at radius 1 is 1.23 bits per heavy atom. The van der Waals surface area contributed by atoms with Gasteiger partial charge < -0.3 is 19.6 Å². The Labute approximate surface area is 170 Å². The van der Waals surface area contributed by atoms with Crippen molar-refractivity contribution < 1.29 is 4.42 Å². The lowest BCUT2D eigenvalue weighted by molar-refractivity contribution is 0.463. The maximum Gasteiger partial charge on any atom is 0.214 e. The van der Waals surface area contributed by atoms with Crippen molar-refractivity contribution in [3.8, 4) is 0 Å². The molecule has 0 spiro atoms. The lowest BCUT2D eigenvalue weighted by Gasteiger charge is -2.11. The standard InChI is InChI=1S/C18H24N6O.HI/c1-13-14(2)25-17(23-13)11-21-18(19-3)20-9-6-10-24-12-22-15-7-4-5-8-16(15)24;/h4-5,7-8,12H,6,9-11H2,1-3H3,(H2,19,20,21);1H. The van der Waals surface area contributed by atoms with E-state index in [2.05, 4.69) is 36.2 Å². The molecule has 3 aromatic rings. The van der Waals surface area contributed by atoms with Crippen LogP contribution >= 0.6 is 24.0 Å². The molecular weight excluding hydrogens is 443 g/mol.